The van der Waals surface area contributed by atoms with Crippen LogP contribution in [0.2, 0.25) is 0 Å². The van der Waals surface area contributed by atoms with E-state index in [-0.39, 0.29) is 6.42 Å². The van der Waals surface area contributed by atoms with Gasteiger partial charge in [0.25, 0.3) is 0 Å². The molecular weight excluding hydrogens is 247 g/mol. The van der Waals surface area contributed by atoms with Crippen molar-refractivity contribution in [1.82, 2.24) is 0 Å². The van der Waals surface area contributed by atoms with Gasteiger partial charge >= 0.3 is 6.18 Å². The molecule has 0 fully saturated rings. The van der Waals surface area contributed by atoms with Gasteiger partial charge in [-0.3, -0.25) is 0 Å². The van der Waals surface area contributed by atoms with Gasteiger partial charge in [0.15, 0.2) is 0 Å². The second-order valence-electron chi connectivity index (χ2n) is 4.04. The topological polar surface area (TPSA) is 26.0 Å². The number of fused-ring (bicyclic) bond motifs is 1. The number of rotatable bonds is 3. The third-order valence-electron chi connectivity index (χ3n) is 2.54. The van der Waals surface area contributed by atoms with Crippen molar-refractivity contribution in [1.29, 1.82) is 0 Å². The van der Waals surface area contributed by atoms with Crippen LogP contribution in [0.25, 0.3) is 10.1 Å². The second kappa shape index (κ2) is 4.66. The average molecular weight is 259 g/mol. The average Bonchev–Trinajstić information content (AvgIpc) is 2.59. The summed E-state index contributed by atoms with van der Waals surface area (Å²) in [4.78, 5) is 0. The fraction of sp³-hybridized carbons (Fsp3) is 0.333. The minimum atomic E-state index is -4.19. The molecule has 1 unspecified atom stereocenters. The Morgan fingerprint density at radius 2 is 1.94 bits per heavy atom. The number of benzene rings is 1. The number of alkyl halides is 3. The van der Waals surface area contributed by atoms with Crippen molar-refractivity contribution in [3.05, 3.63) is 35.2 Å². The van der Waals surface area contributed by atoms with E-state index in [9.17, 15) is 13.2 Å². The fourth-order valence-electron chi connectivity index (χ4n) is 1.84. The first kappa shape index (κ1) is 12.4. The van der Waals surface area contributed by atoms with Crippen LogP contribution in [0.5, 0.6) is 0 Å². The lowest BCUT2D eigenvalue weighted by Gasteiger charge is -2.13. The smallest absolute Gasteiger partial charge is 0.327 e. The number of hydrogen-bond acceptors (Lipinski definition) is 2. The molecule has 0 saturated heterocycles. The lowest BCUT2D eigenvalue weighted by Crippen LogP contribution is -2.29. The molecule has 0 radical (unpaired) electrons. The van der Waals surface area contributed by atoms with Crippen LogP contribution in [0.3, 0.4) is 0 Å². The molecule has 2 N–H and O–H groups in total. The third-order valence-corrected chi connectivity index (χ3v) is 3.55. The molecular formula is C12H12F3NS. The molecule has 0 saturated carbocycles. The quantitative estimate of drug-likeness (QED) is 0.893. The molecule has 0 aliphatic heterocycles. The Hall–Kier alpha value is -1.07. The largest absolute Gasteiger partial charge is 0.390 e. The SMILES string of the molecule is NC(Cc1csc2ccccc12)CC(F)(F)F. The maximum Gasteiger partial charge on any atom is 0.390 e. The first-order valence-electron chi connectivity index (χ1n) is 5.23. The number of thiophene rings is 1. The fourth-order valence-corrected chi connectivity index (χ4v) is 2.82. The Morgan fingerprint density at radius 3 is 2.65 bits per heavy atom. The van der Waals surface area contributed by atoms with Gasteiger partial charge in [0.2, 0.25) is 0 Å². The number of halogens is 3. The summed E-state index contributed by atoms with van der Waals surface area (Å²) < 4.78 is 37.6. The van der Waals surface area contributed by atoms with E-state index in [0.29, 0.717) is 0 Å². The van der Waals surface area contributed by atoms with Gasteiger partial charge in [-0.15, -0.1) is 11.3 Å². The van der Waals surface area contributed by atoms with Crippen LogP contribution >= 0.6 is 11.3 Å². The molecule has 1 atom stereocenters. The number of hydrogen-bond donors (Lipinski definition) is 1. The van der Waals surface area contributed by atoms with Gasteiger partial charge in [0, 0.05) is 10.7 Å². The Kier molecular flexibility index (Phi) is 3.40. The van der Waals surface area contributed by atoms with E-state index < -0.39 is 18.6 Å². The van der Waals surface area contributed by atoms with Crippen molar-refractivity contribution >= 4 is 21.4 Å². The molecule has 2 rings (SSSR count). The van der Waals surface area contributed by atoms with Crippen LogP contribution in [-0.2, 0) is 6.42 Å². The summed E-state index contributed by atoms with van der Waals surface area (Å²) in [5.41, 5.74) is 6.43. The highest BCUT2D eigenvalue weighted by molar-refractivity contribution is 7.17. The van der Waals surface area contributed by atoms with Crippen LogP contribution in [0.1, 0.15) is 12.0 Å². The van der Waals surface area contributed by atoms with Crippen LogP contribution in [-0.4, -0.2) is 12.2 Å². The molecule has 0 spiro atoms. The minimum absolute atomic E-state index is 0.267. The van der Waals surface area contributed by atoms with Crippen molar-refractivity contribution in [2.24, 2.45) is 5.73 Å². The van der Waals surface area contributed by atoms with Crippen molar-refractivity contribution in [2.45, 2.75) is 25.1 Å². The lowest BCUT2D eigenvalue weighted by atomic mass is 10.0. The van der Waals surface area contributed by atoms with Crippen LogP contribution in [0.4, 0.5) is 13.2 Å². The van der Waals surface area contributed by atoms with Gasteiger partial charge in [-0.2, -0.15) is 13.2 Å². The van der Waals surface area contributed by atoms with Crippen molar-refractivity contribution in [3.8, 4) is 0 Å². The summed E-state index contributed by atoms with van der Waals surface area (Å²) >= 11 is 1.54. The second-order valence-corrected chi connectivity index (χ2v) is 4.95. The highest BCUT2D eigenvalue weighted by Gasteiger charge is 2.30. The van der Waals surface area contributed by atoms with E-state index in [0.717, 1.165) is 15.6 Å². The maximum absolute atomic E-state index is 12.2. The Labute approximate surface area is 101 Å². The van der Waals surface area contributed by atoms with Crippen LogP contribution < -0.4 is 5.73 Å². The molecule has 0 aliphatic carbocycles. The molecule has 0 aliphatic rings. The summed E-state index contributed by atoms with van der Waals surface area (Å²) in [7, 11) is 0. The van der Waals surface area contributed by atoms with E-state index in [1.165, 1.54) is 11.3 Å². The van der Waals surface area contributed by atoms with E-state index in [1.807, 2.05) is 29.6 Å². The maximum atomic E-state index is 12.2. The summed E-state index contributed by atoms with van der Waals surface area (Å²) in [6.45, 7) is 0. The van der Waals surface area contributed by atoms with Gasteiger partial charge in [-0.05, 0) is 28.8 Å². The molecule has 1 nitrogen and oxygen atoms in total. The summed E-state index contributed by atoms with van der Waals surface area (Å²) in [5.74, 6) is 0. The molecule has 1 aromatic heterocycles. The summed E-state index contributed by atoms with van der Waals surface area (Å²) in [6, 6.07) is 6.81. The first-order chi connectivity index (χ1) is 7.96. The zero-order chi connectivity index (χ0) is 12.5. The van der Waals surface area contributed by atoms with Crippen LogP contribution in [0.15, 0.2) is 29.6 Å². The molecule has 1 aromatic carbocycles. The third kappa shape index (κ3) is 3.20. The van der Waals surface area contributed by atoms with Crippen molar-refractivity contribution in [2.75, 3.05) is 0 Å². The van der Waals surface area contributed by atoms with Crippen molar-refractivity contribution in [3.63, 3.8) is 0 Å². The monoisotopic (exact) mass is 259 g/mol. The summed E-state index contributed by atoms with van der Waals surface area (Å²) in [5, 5.41) is 2.90. The van der Waals surface area contributed by atoms with E-state index in [2.05, 4.69) is 0 Å². The first-order valence-corrected chi connectivity index (χ1v) is 6.11. The zero-order valence-electron chi connectivity index (χ0n) is 9.00. The zero-order valence-corrected chi connectivity index (χ0v) is 9.81. The molecule has 92 valence electrons. The molecule has 5 heteroatoms. The van der Waals surface area contributed by atoms with Gasteiger partial charge in [0.05, 0.1) is 6.42 Å². The summed E-state index contributed by atoms with van der Waals surface area (Å²) in [6.07, 6.45) is -4.86. The molecule has 17 heavy (non-hydrogen) atoms. The minimum Gasteiger partial charge on any atom is -0.327 e. The molecule has 1 heterocycles. The molecule has 2 aromatic rings. The van der Waals surface area contributed by atoms with Gasteiger partial charge in [-0.25, -0.2) is 0 Å². The predicted octanol–water partition coefficient (Wildman–Crippen LogP) is 3.72. The van der Waals surface area contributed by atoms with Crippen LogP contribution in [0, 0.1) is 0 Å². The van der Waals surface area contributed by atoms with Gasteiger partial charge in [-0.1, -0.05) is 18.2 Å². The van der Waals surface area contributed by atoms with E-state index in [4.69, 9.17) is 5.73 Å². The molecule has 0 amide bonds. The lowest BCUT2D eigenvalue weighted by molar-refractivity contribution is -0.138. The van der Waals surface area contributed by atoms with Gasteiger partial charge < -0.3 is 5.73 Å². The Balaban J connectivity index is 2.13. The van der Waals surface area contributed by atoms with E-state index >= 15 is 0 Å². The highest BCUT2D eigenvalue weighted by Crippen LogP contribution is 2.28. The predicted molar refractivity (Wildman–Crippen MR) is 64.2 cm³/mol. The normalized spacial score (nSPS) is 14.1. The Morgan fingerprint density at radius 1 is 1.24 bits per heavy atom. The number of nitrogens with two attached hydrogens (primary N) is 1. The Bertz CT molecular complexity index is 504. The highest BCUT2D eigenvalue weighted by atomic mass is 32.1. The van der Waals surface area contributed by atoms with E-state index in [1.54, 1.807) is 0 Å². The van der Waals surface area contributed by atoms with Gasteiger partial charge in [0.1, 0.15) is 0 Å². The van der Waals surface area contributed by atoms with Crippen molar-refractivity contribution < 1.29 is 13.2 Å². The molecule has 0 bridgehead atoms. The standard InChI is InChI=1S/C12H12F3NS/c13-12(14,15)6-9(16)5-8-7-17-11-4-2-1-3-10(8)11/h1-4,7,9H,5-6,16H2.